The smallest absolute Gasteiger partial charge is 0.303 e. The maximum Gasteiger partial charge on any atom is 0.303 e. The molecule has 0 aromatic rings. The zero-order chi connectivity index (χ0) is 20.4. The van der Waals surface area contributed by atoms with Crippen molar-refractivity contribution in [2.75, 3.05) is 0 Å². The second kappa shape index (κ2) is 11.5. The van der Waals surface area contributed by atoms with Crippen LogP contribution in [0.3, 0.4) is 0 Å². The highest BCUT2D eigenvalue weighted by molar-refractivity contribution is 5.66. The highest BCUT2D eigenvalue weighted by Crippen LogP contribution is 2.40. The summed E-state index contributed by atoms with van der Waals surface area (Å²) in [6, 6.07) is 0. The molecule has 154 valence electrons. The average Bonchev–Trinajstić information content (AvgIpc) is 2.86. The number of unbranched alkanes of at least 4 members (excludes halogenated alkanes) is 2. The summed E-state index contributed by atoms with van der Waals surface area (Å²) in [6.07, 6.45) is 13.1. The van der Waals surface area contributed by atoms with Crippen LogP contribution in [0, 0.1) is 17.3 Å². The van der Waals surface area contributed by atoms with Crippen LogP contribution < -0.4 is 0 Å². The lowest BCUT2D eigenvalue weighted by molar-refractivity contribution is -0.137. The number of aliphatic carboxylic acids is 1. The van der Waals surface area contributed by atoms with E-state index in [0.717, 1.165) is 37.7 Å². The summed E-state index contributed by atoms with van der Waals surface area (Å²) in [5.74, 6) is -0.628. The van der Waals surface area contributed by atoms with Crippen LogP contribution in [0.2, 0.25) is 0 Å². The molecule has 4 atom stereocenters. The molecule has 4 heteroatoms. The fraction of sp³-hybridized carbons (Fsp3) is 0.696. The van der Waals surface area contributed by atoms with E-state index >= 15 is 0 Å². The Balaban J connectivity index is 2.63. The van der Waals surface area contributed by atoms with Gasteiger partial charge in [-0.25, -0.2) is 0 Å². The summed E-state index contributed by atoms with van der Waals surface area (Å²) in [7, 11) is 0. The number of rotatable bonds is 12. The van der Waals surface area contributed by atoms with Gasteiger partial charge in [-0.3, -0.25) is 4.79 Å². The lowest BCUT2D eigenvalue weighted by atomic mass is 9.80. The van der Waals surface area contributed by atoms with Gasteiger partial charge in [-0.1, -0.05) is 70.1 Å². The minimum atomic E-state index is -0.763. The van der Waals surface area contributed by atoms with Crippen molar-refractivity contribution in [2.45, 2.75) is 84.3 Å². The van der Waals surface area contributed by atoms with Gasteiger partial charge in [0.15, 0.2) is 0 Å². The van der Waals surface area contributed by atoms with Crippen LogP contribution in [0.15, 0.2) is 36.5 Å². The fourth-order valence-corrected chi connectivity index (χ4v) is 3.69. The molecular weight excluding hydrogens is 340 g/mol. The van der Waals surface area contributed by atoms with E-state index in [4.69, 9.17) is 5.11 Å². The number of hydrogen-bond acceptors (Lipinski definition) is 3. The van der Waals surface area contributed by atoms with E-state index in [9.17, 15) is 15.0 Å². The largest absolute Gasteiger partial charge is 0.481 e. The Hall–Kier alpha value is -1.39. The van der Waals surface area contributed by atoms with Gasteiger partial charge in [0.05, 0.1) is 12.2 Å². The third-order valence-electron chi connectivity index (χ3n) is 5.71. The second-order valence-electron chi connectivity index (χ2n) is 8.53. The van der Waals surface area contributed by atoms with Crippen LogP contribution in [0.1, 0.15) is 72.1 Å². The molecule has 0 aromatic heterocycles. The fourth-order valence-electron chi connectivity index (χ4n) is 3.69. The maximum absolute atomic E-state index is 10.6. The van der Waals surface area contributed by atoms with Crippen LogP contribution in [-0.4, -0.2) is 33.5 Å². The Kier molecular flexibility index (Phi) is 10.0. The zero-order valence-corrected chi connectivity index (χ0v) is 17.2. The Morgan fingerprint density at radius 3 is 2.67 bits per heavy atom. The molecule has 1 rings (SSSR count). The third kappa shape index (κ3) is 8.02. The highest BCUT2D eigenvalue weighted by Gasteiger charge is 2.35. The minimum absolute atomic E-state index is 0.0298. The molecule has 0 amide bonds. The Bertz CT molecular complexity index is 532. The zero-order valence-electron chi connectivity index (χ0n) is 17.2. The molecule has 0 saturated heterocycles. The normalized spacial score (nSPS) is 24.9. The summed E-state index contributed by atoms with van der Waals surface area (Å²) >= 11 is 0. The summed E-state index contributed by atoms with van der Waals surface area (Å²) in [6.45, 7) is 10.4. The average molecular weight is 379 g/mol. The van der Waals surface area contributed by atoms with E-state index in [0.29, 0.717) is 12.8 Å². The Morgan fingerprint density at radius 2 is 2.04 bits per heavy atom. The predicted molar refractivity (Wildman–Crippen MR) is 110 cm³/mol. The van der Waals surface area contributed by atoms with Gasteiger partial charge in [-0.05, 0) is 43.4 Å². The highest BCUT2D eigenvalue weighted by atomic mass is 16.4. The van der Waals surface area contributed by atoms with Gasteiger partial charge in [0.25, 0.3) is 0 Å². The van der Waals surface area contributed by atoms with Gasteiger partial charge in [-0.15, -0.1) is 0 Å². The number of allylic oxidation sites excluding steroid dienone is 2. The predicted octanol–water partition coefficient (Wildman–Crippen LogP) is 4.87. The van der Waals surface area contributed by atoms with Crippen molar-refractivity contribution in [2.24, 2.45) is 17.3 Å². The number of aliphatic hydroxyl groups excluding tert-OH is 2. The molecule has 1 fully saturated rings. The SMILES string of the molecule is C=C1C[C@@H](O)[C@H](C=C[C@@H](O)C(C)(C)CCCC)[C@H]1CC=CCCCC(=O)O. The van der Waals surface area contributed by atoms with Crippen molar-refractivity contribution in [1.82, 2.24) is 0 Å². The molecule has 0 spiro atoms. The maximum atomic E-state index is 10.6. The molecule has 0 unspecified atom stereocenters. The molecule has 4 nitrogen and oxygen atoms in total. The number of aliphatic hydroxyl groups is 2. The van der Waals surface area contributed by atoms with Crippen LogP contribution in [0.5, 0.6) is 0 Å². The third-order valence-corrected chi connectivity index (χ3v) is 5.71. The number of carbonyl (C=O) groups is 1. The Labute approximate surface area is 164 Å². The first-order valence-electron chi connectivity index (χ1n) is 10.3. The standard InChI is InChI=1S/C23H38O4/c1-5-6-15-23(3,4)21(25)14-13-19-18(17(2)16-20(19)24)11-9-7-8-10-12-22(26)27/h7,9,13-14,18-21,24-25H,2,5-6,8,10-12,15-16H2,1,3-4H3,(H,26,27)/t18-,19+,20+,21+/m0/s1. The van der Waals surface area contributed by atoms with Crippen molar-refractivity contribution in [3.63, 3.8) is 0 Å². The molecule has 0 bridgehead atoms. The molecule has 0 aromatic carbocycles. The quantitative estimate of drug-likeness (QED) is 0.334. The first-order valence-corrected chi connectivity index (χ1v) is 10.3. The van der Waals surface area contributed by atoms with Crippen LogP contribution in [0.25, 0.3) is 0 Å². The van der Waals surface area contributed by atoms with Gasteiger partial charge in [0.2, 0.25) is 0 Å². The van der Waals surface area contributed by atoms with Crippen molar-refractivity contribution in [3.05, 3.63) is 36.5 Å². The lowest BCUT2D eigenvalue weighted by Gasteiger charge is -2.29. The number of carboxylic acid groups (broad SMARTS) is 1. The summed E-state index contributed by atoms with van der Waals surface area (Å²) in [4.78, 5) is 10.5. The van der Waals surface area contributed by atoms with E-state index < -0.39 is 18.2 Å². The molecule has 3 N–H and O–H groups in total. The van der Waals surface area contributed by atoms with Crippen molar-refractivity contribution >= 4 is 5.97 Å². The molecule has 1 saturated carbocycles. The van der Waals surface area contributed by atoms with Gasteiger partial charge in [0, 0.05) is 12.3 Å². The Morgan fingerprint density at radius 1 is 1.33 bits per heavy atom. The molecular formula is C23H38O4. The topological polar surface area (TPSA) is 77.8 Å². The lowest BCUT2D eigenvalue weighted by Crippen LogP contribution is -2.28. The molecule has 0 radical (unpaired) electrons. The molecule has 1 aliphatic rings. The summed E-state index contributed by atoms with van der Waals surface area (Å²) in [5.41, 5.74) is 0.874. The van der Waals surface area contributed by atoms with Gasteiger partial charge < -0.3 is 15.3 Å². The van der Waals surface area contributed by atoms with Crippen molar-refractivity contribution < 1.29 is 20.1 Å². The van der Waals surface area contributed by atoms with Gasteiger partial charge >= 0.3 is 5.97 Å². The van der Waals surface area contributed by atoms with Crippen molar-refractivity contribution in [3.8, 4) is 0 Å². The molecule has 0 aliphatic heterocycles. The van der Waals surface area contributed by atoms with Gasteiger partial charge in [-0.2, -0.15) is 0 Å². The summed E-state index contributed by atoms with van der Waals surface area (Å²) in [5, 5.41) is 29.6. The van der Waals surface area contributed by atoms with Crippen LogP contribution in [0.4, 0.5) is 0 Å². The van der Waals surface area contributed by atoms with Gasteiger partial charge in [0.1, 0.15) is 0 Å². The molecule has 0 heterocycles. The summed E-state index contributed by atoms with van der Waals surface area (Å²) < 4.78 is 0. The molecule has 27 heavy (non-hydrogen) atoms. The molecule has 1 aliphatic carbocycles. The second-order valence-corrected chi connectivity index (χ2v) is 8.53. The van der Waals surface area contributed by atoms with Crippen LogP contribution in [-0.2, 0) is 4.79 Å². The van der Waals surface area contributed by atoms with E-state index in [1.165, 1.54) is 0 Å². The minimum Gasteiger partial charge on any atom is -0.481 e. The van der Waals surface area contributed by atoms with Crippen LogP contribution >= 0.6 is 0 Å². The van der Waals surface area contributed by atoms with E-state index in [2.05, 4.69) is 33.4 Å². The van der Waals surface area contributed by atoms with E-state index in [-0.39, 0.29) is 23.7 Å². The monoisotopic (exact) mass is 378 g/mol. The first-order chi connectivity index (χ1) is 12.7. The van der Waals surface area contributed by atoms with Crippen molar-refractivity contribution in [1.29, 1.82) is 0 Å². The first kappa shape index (κ1) is 23.6. The number of carboxylic acids is 1. The van der Waals surface area contributed by atoms with E-state index in [1.807, 2.05) is 18.2 Å². The van der Waals surface area contributed by atoms with E-state index in [1.54, 1.807) is 0 Å². The number of hydrogen-bond donors (Lipinski definition) is 3.